The summed E-state index contributed by atoms with van der Waals surface area (Å²) < 4.78 is 21.1. The Morgan fingerprint density at radius 2 is 0.718 bits per heavy atom. The Kier molecular flexibility index (Phi) is 31.3. The van der Waals surface area contributed by atoms with E-state index < -0.39 is 7.91 Å². The highest BCUT2D eigenvalue weighted by atomic mass is 31.2. The SMILES string of the molecule is C#CCC[N+](CCCC)(CCCC)CCCC.C#CCC[N+](CCCC)(CCCC)CCCC.O=P([O-])([O-])F. The molecule has 0 amide bonds. The van der Waals surface area contributed by atoms with Gasteiger partial charge in [-0.05, 0) is 38.5 Å². The number of hydrogen-bond donors (Lipinski definition) is 0. The molecule has 5 nitrogen and oxygen atoms in total. The first-order valence-corrected chi connectivity index (χ1v) is 17.2. The highest BCUT2D eigenvalue weighted by Crippen LogP contribution is 2.22. The predicted molar refractivity (Wildman–Crippen MR) is 165 cm³/mol. The predicted octanol–water partition coefficient (Wildman–Crippen LogP) is 7.24. The molecule has 0 fully saturated rings. The van der Waals surface area contributed by atoms with Crippen LogP contribution in [0, 0.1) is 24.7 Å². The van der Waals surface area contributed by atoms with Gasteiger partial charge < -0.3 is 23.3 Å². The van der Waals surface area contributed by atoms with Crippen LogP contribution in [0.1, 0.15) is 131 Å². The highest BCUT2D eigenvalue weighted by molar-refractivity contribution is 7.42. The molecule has 0 heterocycles. The maximum Gasteiger partial charge on any atom is 0.110 e. The third-order valence-electron chi connectivity index (χ3n) is 7.38. The van der Waals surface area contributed by atoms with Crippen molar-refractivity contribution >= 4 is 7.91 Å². The standard InChI is InChI=1S/2C16H32N.FH2O3P/c2*1-5-9-13-17(14-10-6-2,15-11-7-3)16-12-8-4;1-5(2,3)4/h2*1H,6-16H2,2-4H3;(H2,2,3,4)/q2*+1;/p-2. The minimum absolute atomic E-state index is 0.942. The van der Waals surface area contributed by atoms with E-state index in [4.69, 9.17) is 27.2 Å². The minimum Gasteiger partial charge on any atom is -0.786 e. The number of nitrogens with zero attached hydrogens (tertiary/aromatic N) is 2. The number of unbranched alkanes of at least 4 members (excludes halogenated alkanes) is 6. The molecule has 0 aliphatic carbocycles. The van der Waals surface area contributed by atoms with Crippen LogP contribution in [0.4, 0.5) is 4.20 Å². The zero-order valence-corrected chi connectivity index (χ0v) is 27.5. The molecule has 0 spiro atoms. The second-order valence-electron chi connectivity index (χ2n) is 10.9. The molecule has 0 saturated carbocycles. The molecule has 39 heavy (non-hydrogen) atoms. The third-order valence-corrected chi connectivity index (χ3v) is 7.38. The number of hydrogen-bond acceptors (Lipinski definition) is 3. The van der Waals surface area contributed by atoms with Gasteiger partial charge in [-0.3, -0.25) is 0 Å². The van der Waals surface area contributed by atoms with Crippen LogP contribution in [0.3, 0.4) is 0 Å². The van der Waals surface area contributed by atoms with E-state index in [9.17, 15) is 4.20 Å². The van der Waals surface area contributed by atoms with Gasteiger partial charge in [-0.15, -0.1) is 24.7 Å². The lowest BCUT2D eigenvalue weighted by atomic mass is 10.1. The molecule has 0 aliphatic rings. The van der Waals surface area contributed by atoms with Gasteiger partial charge in [-0.1, -0.05) is 80.1 Å². The minimum atomic E-state index is -5.64. The molecular weight excluding hydrogens is 510 g/mol. The molecule has 0 aromatic heterocycles. The average Bonchev–Trinajstić information content (AvgIpc) is 2.91. The first-order valence-electron chi connectivity index (χ1n) is 15.8. The van der Waals surface area contributed by atoms with E-state index in [1.54, 1.807) is 0 Å². The Labute approximate surface area is 243 Å². The van der Waals surface area contributed by atoms with Gasteiger partial charge in [-0.25, -0.2) is 4.20 Å². The zero-order chi connectivity index (χ0) is 30.5. The molecule has 0 N–H and O–H groups in total. The molecule has 0 bridgehead atoms. The Bertz CT molecular complexity index is 557. The van der Waals surface area contributed by atoms with E-state index in [1.165, 1.54) is 138 Å². The first kappa shape index (κ1) is 42.6. The number of quaternary nitrogens is 2. The molecular formula is C32H64FN2O3P. The zero-order valence-electron chi connectivity index (χ0n) is 26.7. The second kappa shape index (κ2) is 28.6. The second-order valence-corrected chi connectivity index (χ2v) is 11.8. The van der Waals surface area contributed by atoms with Crippen molar-refractivity contribution in [2.24, 2.45) is 0 Å². The maximum absolute atomic E-state index is 10.1. The summed E-state index contributed by atoms with van der Waals surface area (Å²) in [6.45, 7) is 24.1. The molecule has 0 saturated heterocycles. The summed E-state index contributed by atoms with van der Waals surface area (Å²) in [6, 6.07) is 0. The lowest BCUT2D eigenvalue weighted by Gasteiger charge is -2.39. The molecule has 232 valence electrons. The van der Waals surface area contributed by atoms with Crippen LogP contribution in [-0.2, 0) is 4.57 Å². The Balaban J connectivity index is -0.000000566. The van der Waals surface area contributed by atoms with Crippen molar-refractivity contribution in [2.75, 3.05) is 52.4 Å². The van der Waals surface area contributed by atoms with Crippen molar-refractivity contribution < 1.29 is 27.5 Å². The molecule has 0 atom stereocenters. The fourth-order valence-electron chi connectivity index (χ4n) is 4.91. The Morgan fingerprint density at radius 3 is 0.846 bits per heavy atom. The molecule has 0 aromatic rings. The van der Waals surface area contributed by atoms with Crippen LogP contribution in [-0.4, -0.2) is 61.3 Å². The topological polar surface area (TPSA) is 63.2 Å². The number of terminal acetylenes is 2. The molecule has 0 radical (unpaired) electrons. The van der Waals surface area contributed by atoms with Crippen molar-refractivity contribution in [3.8, 4) is 24.7 Å². The monoisotopic (exact) mass is 574 g/mol. The smallest absolute Gasteiger partial charge is 0.110 e. The van der Waals surface area contributed by atoms with Gasteiger partial charge in [0, 0.05) is 0 Å². The van der Waals surface area contributed by atoms with Gasteiger partial charge in [0.05, 0.1) is 65.2 Å². The Hall–Kier alpha value is -0.880. The highest BCUT2D eigenvalue weighted by Gasteiger charge is 2.25. The van der Waals surface area contributed by atoms with Gasteiger partial charge in [0.2, 0.25) is 0 Å². The van der Waals surface area contributed by atoms with E-state index in [-0.39, 0.29) is 0 Å². The first-order chi connectivity index (χ1) is 18.5. The van der Waals surface area contributed by atoms with Crippen LogP contribution in [0.25, 0.3) is 0 Å². The van der Waals surface area contributed by atoms with Crippen molar-refractivity contribution in [3.63, 3.8) is 0 Å². The maximum atomic E-state index is 10.1. The summed E-state index contributed by atoms with van der Waals surface area (Å²) in [6.07, 6.45) is 28.7. The summed E-state index contributed by atoms with van der Waals surface area (Å²) >= 11 is 0. The van der Waals surface area contributed by atoms with Crippen LogP contribution in [0.15, 0.2) is 0 Å². The molecule has 0 unspecified atom stereocenters. The van der Waals surface area contributed by atoms with Gasteiger partial charge in [0.15, 0.2) is 0 Å². The summed E-state index contributed by atoms with van der Waals surface area (Å²) in [7, 11) is -5.64. The third kappa shape index (κ3) is 29.9. The van der Waals surface area contributed by atoms with Gasteiger partial charge in [0.25, 0.3) is 0 Å². The summed E-state index contributed by atoms with van der Waals surface area (Å²) in [5.74, 6) is 5.67. The normalized spacial score (nSPS) is 11.5. The largest absolute Gasteiger partial charge is 0.786 e. The van der Waals surface area contributed by atoms with E-state index in [2.05, 4.69) is 53.4 Å². The van der Waals surface area contributed by atoms with Crippen LogP contribution in [0.5, 0.6) is 0 Å². The molecule has 7 heteroatoms. The van der Waals surface area contributed by atoms with Crippen LogP contribution < -0.4 is 9.79 Å². The lowest BCUT2D eigenvalue weighted by molar-refractivity contribution is -0.928. The van der Waals surface area contributed by atoms with Gasteiger partial charge in [0.1, 0.15) is 7.91 Å². The average molecular weight is 575 g/mol. The quantitative estimate of drug-likeness (QED) is 0.0778. The van der Waals surface area contributed by atoms with Crippen molar-refractivity contribution in [1.82, 2.24) is 0 Å². The fraction of sp³-hybridized carbons (Fsp3) is 0.875. The molecule has 0 rings (SSSR count). The van der Waals surface area contributed by atoms with Crippen LogP contribution >= 0.6 is 7.91 Å². The Morgan fingerprint density at radius 1 is 0.538 bits per heavy atom. The lowest BCUT2D eigenvalue weighted by Crippen LogP contribution is -2.50. The number of halogens is 1. The number of rotatable bonds is 22. The summed E-state index contributed by atoms with van der Waals surface area (Å²) in [5, 5.41) is 0. The van der Waals surface area contributed by atoms with Crippen molar-refractivity contribution in [1.29, 1.82) is 0 Å². The van der Waals surface area contributed by atoms with Crippen LogP contribution in [0.2, 0.25) is 0 Å². The van der Waals surface area contributed by atoms with Crippen molar-refractivity contribution in [2.45, 2.75) is 131 Å². The van der Waals surface area contributed by atoms with Crippen molar-refractivity contribution in [3.05, 3.63) is 0 Å². The fourth-order valence-corrected chi connectivity index (χ4v) is 4.91. The van der Waals surface area contributed by atoms with E-state index >= 15 is 0 Å². The summed E-state index contributed by atoms with van der Waals surface area (Å²) in [5.41, 5.74) is 0. The summed E-state index contributed by atoms with van der Waals surface area (Å²) in [4.78, 5) is 16.9. The van der Waals surface area contributed by atoms with Gasteiger partial charge in [-0.2, -0.15) is 0 Å². The van der Waals surface area contributed by atoms with E-state index in [0.29, 0.717) is 0 Å². The van der Waals surface area contributed by atoms with E-state index in [1.807, 2.05) is 0 Å². The van der Waals surface area contributed by atoms with E-state index in [0.717, 1.165) is 12.8 Å². The molecule has 0 aromatic carbocycles. The molecule has 0 aliphatic heterocycles. The van der Waals surface area contributed by atoms with Gasteiger partial charge >= 0.3 is 0 Å².